The topological polar surface area (TPSA) is 66.0 Å². The monoisotopic (exact) mass is 377 g/mol. The van der Waals surface area contributed by atoms with Gasteiger partial charge < -0.3 is 4.57 Å². The number of fused-ring (bicyclic) bond motifs is 1. The van der Waals surface area contributed by atoms with Crippen LogP contribution in [0.15, 0.2) is 41.5 Å². The minimum Gasteiger partial charge on any atom is -0.325 e. The fourth-order valence-corrected chi connectivity index (χ4v) is 3.14. The molecule has 0 unspecified atom stereocenters. The highest BCUT2D eigenvalue weighted by molar-refractivity contribution is 6.41. The number of hydrazone groups is 1. The van der Waals surface area contributed by atoms with Gasteiger partial charge >= 0.3 is 0 Å². The number of nitrogens with one attached hydrogen (secondary N) is 1. The number of para-hydroxylation sites is 2. The molecule has 1 N–H and O–H groups in total. The van der Waals surface area contributed by atoms with Crippen molar-refractivity contribution in [2.75, 3.05) is 5.43 Å². The molecule has 5 nitrogen and oxygen atoms in total. The molecule has 0 aliphatic rings. The van der Waals surface area contributed by atoms with Crippen molar-refractivity contribution < 1.29 is 0 Å². The number of hydrogen-bond donors (Lipinski definition) is 1. The minimum atomic E-state index is 0.107. The summed E-state index contributed by atoms with van der Waals surface area (Å²) in [5, 5.41) is 14.5. The highest BCUT2D eigenvalue weighted by Gasteiger charge is 2.14. The third kappa shape index (κ3) is 3.04. The average molecular weight is 379 g/mol. The van der Waals surface area contributed by atoms with E-state index in [0.717, 1.165) is 11.0 Å². The Hall–Kier alpha value is -2.26. The molecule has 2 aromatic carbocycles. The lowest BCUT2D eigenvalue weighted by molar-refractivity contribution is 0.930. The van der Waals surface area contributed by atoms with Gasteiger partial charge in [-0.25, -0.2) is 4.98 Å². The van der Waals surface area contributed by atoms with Crippen molar-refractivity contribution in [2.45, 2.75) is 0 Å². The summed E-state index contributed by atoms with van der Waals surface area (Å²) >= 11 is 18.1. The van der Waals surface area contributed by atoms with Crippen molar-refractivity contribution in [3.8, 4) is 6.07 Å². The van der Waals surface area contributed by atoms with Gasteiger partial charge in [0, 0.05) is 12.1 Å². The predicted octanol–water partition coefficient (Wildman–Crippen LogP) is 4.87. The fourth-order valence-electron chi connectivity index (χ4n) is 2.24. The van der Waals surface area contributed by atoms with Crippen LogP contribution in [0.1, 0.15) is 5.82 Å². The molecule has 0 spiro atoms. The number of aromatic nitrogens is 2. The van der Waals surface area contributed by atoms with Gasteiger partial charge in [-0.15, -0.1) is 0 Å². The van der Waals surface area contributed by atoms with Gasteiger partial charge in [0.1, 0.15) is 6.07 Å². The predicted molar refractivity (Wildman–Crippen MR) is 98.0 cm³/mol. The summed E-state index contributed by atoms with van der Waals surface area (Å²) in [5.41, 5.74) is 4.88. The van der Waals surface area contributed by atoms with E-state index in [2.05, 4.69) is 15.5 Å². The Morgan fingerprint density at radius 1 is 1.21 bits per heavy atom. The Labute approximate surface area is 153 Å². The van der Waals surface area contributed by atoms with Crippen LogP contribution in [0, 0.1) is 11.3 Å². The molecule has 3 rings (SSSR count). The largest absolute Gasteiger partial charge is 0.325 e. The maximum atomic E-state index is 9.43. The number of rotatable bonds is 3. The van der Waals surface area contributed by atoms with Crippen LogP contribution in [0.4, 0.5) is 5.69 Å². The molecule has 0 aliphatic carbocycles. The van der Waals surface area contributed by atoms with Gasteiger partial charge in [0.2, 0.25) is 5.71 Å². The molecule has 0 radical (unpaired) electrons. The van der Waals surface area contributed by atoms with Crippen LogP contribution in [-0.2, 0) is 7.05 Å². The van der Waals surface area contributed by atoms with Crippen molar-refractivity contribution in [3.05, 3.63) is 57.3 Å². The zero-order valence-corrected chi connectivity index (χ0v) is 14.7. The number of benzene rings is 2. The number of aryl methyl sites for hydroxylation is 1. The van der Waals surface area contributed by atoms with Gasteiger partial charge in [-0.1, -0.05) is 46.9 Å². The van der Waals surface area contributed by atoms with Crippen LogP contribution in [0.25, 0.3) is 11.0 Å². The van der Waals surface area contributed by atoms with Crippen LogP contribution in [0.5, 0.6) is 0 Å². The van der Waals surface area contributed by atoms with Crippen molar-refractivity contribution in [3.63, 3.8) is 0 Å². The first-order valence-corrected chi connectivity index (χ1v) is 7.95. The number of nitrogens with zero attached hydrogens (tertiary/aromatic N) is 4. The molecule has 8 heteroatoms. The molecule has 120 valence electrons. The smallest absolute Gasteiger partial charge is 0.203 e. The molecule has 0 saturated heterocycles. The quantitative estimate of drug-likeness (QED) is 0.522. The second kappa shape index (κ2) is 6.70. The number of halogens is 3. The SMILES string of the molecule is Cn1c(/C(C#N)=N/Nc2c(Cl)cc(Cl)cc2Cl)nc2ccccc21. The first-order chi connectivity index (χ1) is 11.5. The van der Waals surface area contributed by atoms with E-state index in [4.69, 9.17) is 34.8 Å². The molecular weight excluding hydrogens is 369 g/mol. The number of anilines is 1. The van der Waals surface area contributed by atoms with Crippen LogP contribution in [-0.4, -0.2) is 15.3 Å². The standard InChI is InChI=1S/C16H10Cl3N5/c1-24-14-5-3-2-4-12(14)21-16(24)13(8-20)22-23-15-10(18)6-9(17)7-11(15)19/h2-7,23H,1H3/b22-13+. The Bertz CT molecular complexity index is 978. The molecule has 1 aromatic heterocycles. The summed E-state index contributed by atoms with van der Waals surface area (Å²) in [6, 6.07) is 12.7. The van der Waals surface area contributed by atoms with Crippen molar-refractivity contribution in [1.29, 1.82) is 5.26 Å². The zero-order chi connectivity index (χ0) is 17.3. The second-order valence-corrected chi connectivity index (χ2v) is 6.16. The van der Waals surface area contributed by atoms with Crippen LogP contribution < -0.4 is 5.43 Å². The van der Waals surface area contributed by atoms with E-state index in [-0.39, 0.29) is 5.71 Å². The third-order valence-electron chi connectivity index (χ3n) is 3.39. The molecule has 1 heterocycles. The Morgan fingerprint density at radius 2 is 1.88 bits per heavy atom. The van der Waals surface area contributed by atoms with Gasteiger partial charge in [-0.3, -0.25) is 5.43 Å². The molecule has 0 aliphatic heterocycles. The number of hydrogen-bond acceptors (Lipinski definition) is 4. The molecule has 0 bridgehead atoms. The number of imidazole rings is 1. The number of nitriles is 1. The summed E-state index contributed by atoms with van der Waals surface area (Å²) < 4.78 is 1.80. The summed E-state index contributed by atoms with van der Waals surface area (Å²) in [5.74, 6) is 0.437. The average Bonchev–Trinajstić information content (AvgIpc) is 2.87. The lowest BCUT2D eigenvalue weighted by Gasteiger charge is -2.07. The van der Waals surface area contributed by atoms with E-state index < -0.39 is 0 Å². The van der Waals surface area contributed by atoms with Gasteiger partial charge in [0.15, 0.2) is 5.82 Å². The third-order valence-corrected chi connectivity index (χ3v) is 4.21. The summed E-state index contributed by atoms with van der Waals surface area (Å²) in [7, 11) is 1.82. The van der Waals surface area contributed by atoms with Gasteiger partial charge in [0.05, 0.1) is 26.8 Å². The van der Waals surface area contributed by atoms with Crippen LogP contribution in [0.3, 0.4) is 0 Å². The van der Waals surface area contributed by atoms with E-state index in [1.165, 1.54) is 12.1 Å². The molecule has 24 heavy (non-hydrogen) atoms. The molecule has 0 atom stereocenters. The molecule has 0 amide bonds. The zero-order valence-electron chi connectivity index (χ0n) is 12.4. The summed E-state index contributed by atoms with van der Waals surface area (Å²) in [6.07, 6.45) is 0. The maximum Gasteiger partial charge on any atom is 0.203 e. The molecular formula is C16H10Cl3N5. The normalized spacial score (nSPS) is 11.5. The van der Waals surface area contributed by atoms with Gasteiger partial charge in [0.25, 0.3) is 0 Å². The summed E-state index contributed by atoms with van der Waals surface area (Å²) in [6.45, 7) is 0. The first-order valence-electron chi connectivity index (χ1n) is 6.81. The summed E-state index contributed by atoms with van der Waals surface area (Å²) in [4.78, 5) is 4.44. The second-order valence-electron chi connectivity index (χ2n) is 4.91. The van der Waals surface area contributed by atoms with E-state index in [9.17, 15) is 5.26 Å². The Morgan fingerprint density at radius 3 is 2.50 bits per heavy atom. The Kier molecular flexibility index (Phi) is 4.63. The fraction of sp³-hybridized carbons (Fsp3) is 0.0625. The van der Waals surface area contributed by atoms with Crippen molar-refractivity contribution in [2.24, 2.45) is 12.1 Å². The lowest BCUT2D eigenvalue weighted by Crippen LogP contribution is -2.09. The lowest BCUT2D eigenvalue weighted by atomic mass is 10.3. The minimum absolute atomic E-state index is 0.107. The van der Waals surface area contributed by atoms with Crippen LogP contribution in [0.2, 0.25) is 15.1 Å². The van der Waals surface area contributed by atoms with E-state index in [1.54, 1.807) is 4.57 Å². The van der Waals surface area contributed by atoms with Crippen LogP contribution >= 0.6 is 34.8 Å². The van der Waals surface area contributed by atoms with Gasteiger partial charge in [-0.2, -0.15) is 10.4 Å². The molecule has 3 aromatic rings. The molecule has 0 fully saturated rings. The van der Waals surface area contributed by atoms with Crippen molar-refractivity contribution >= 4 is 57.2 Å². The van der Waals surface area contributed by atoms with E-state index >= 15 is 0 Å². The molecule has 0 saturated carbocycles. The van der Waals surface area contributed by atoms with E-state index in [0.29, 0.717) is 26.6 Å². The van der Waals surface area contributed by atoms with E-state index in [1.807, 2.05) is 37.4 Å². The Balaban J connectivity index is 2.01. The maximum absolute atomic E-state index is 9.43. The highest BCUT2D eigenvalue weighted by Crippen LogP contribution is 2.33. The van der Waals surface area contributed by atoms with Crippen molar-refractivity contribution in [1.82, 2.24) is 9.55 Å². The highest BCUT2D eigenvalue weighted by atomic mass is 35.5. The first kappa shape index (κ1) is 16.6. The van der Waals surface area contributed by atoms with Gasteiger partial charge in [-0.05, 0) is 24.3 Å².